The SMILES string of the molecule is CCc1cnc(CSc2cnc(NC(=O)Cc3c(C)cc(C)cc3C)s2)o1. The monoisotopic (exact) mass is 401 g/mol. The number of carbonyl (C=O) groups is 1. The van der Waals surface area contributed by atoms with Gasteiger partial charge < -0.3 is 9.73 Å². The average Bonchev–Trinajstić information content (AvgIpc) is 3.25. The number of oxazole rings is 1. The smallest absolute Gasteiger partial charge is 0.230 e. The first-order valence-electron chi connectivity index (χ1n) is 8.83. The molecule has 2 heterocycles. The van der Waals surface area contributed by atoms with Crippen molar-refractivity contribution in [3.63, 3.8) is 0 Å². The van der Waals surface area contributed by atoms with Crippen LogP contribution in [0.5, 0.6) is 0 Å². The van der Waals surface area contributed by atoms with Gasteiger partial charge in [0, 0.05) is 6.42 Å². The zero-order chi connectivity index (χ0) is 19.4. The van der Waals surface area contributed by atoms with E-state index >= 15 is 0 Å². The zero-order valence-corrected chi connectivity index (χ0v) is 17.6. The van der Waals surface area contributed by atoms with Crippen LogP contribution in [-0.2, 0) is 23.4 Å². The number of hydrogen-bond donors (Lipinski definition) is 1. The Kier molecular flexibility index (Phi) is 6.34. The number of amides is 1. The molecule has 0 aliphatic heterocycles. The van der Waals surface area contributed by atoms with Gasteiger partial charge in [0.2, 0.25) is 11.8 Å². The number of thioether (sulfide) groups is 1. The van der Waals surface area contributed by atoms with Crippen molar-refractivity contribution in [1.82, 2.24) is 9.97 Å². The fourth-order valence-corrected chi connectivity index (χ4v) is 4.65. The van der Waals surface area contributed by atoms with Gasteiger partial charge in [0.1, 0.15) is 5.76 Å². The van der Waals surface area contributed by atoms with Crippen molar-refractivity contribution in [2.75, 3.05) is 5.32 Å². The second-order valence-corrected chi connectivity index (χ2v) is 8.76. The molecule has 0 saturated carbocycles. The highest BCUT2D eigenvalue weighted by Crippen LogP contribution is 2.30. The molecular weight excluding hydrogens is 378 g/mol. The van der Waals surface area contributed by atoms with E-state index in [1.807, 2.05) is 20.8 Å². The molecule has 7 heteroatoms. The Morgan fingerprint density at radius 2 is 1.93 bits per heavy atom. The summed E-state index contributed by atoms with van der Waals surface area (Å²) in [6, 6.07) is 4.22. The van der Waals surface area contributed by atoms with E-state index in [4.69, 9.17) is 4.42 Å². The van der Waals surface area contributed by atoms with E-state index in [0.29, 0.717) is 23.2 Å². The summed E-state index contributed by atoms with van der Waals surface area (Å²) in [5.41, 5.74) is 4.60. The Bertz CT molecular complexity index is 923. The summed E-state index contributed by atoms with van der Waals surface area (Å²) in [4.78, 5) is 21.0. The quantitative estimate of drug-likeness (QED) is 0.558. The molecule has 0 aliphatic rings. The molecule has 0 atom stereocenters. The predicted molar refractivity (Wildman–Crippen MR) is 111 cm³/mol. The first-order chi connectivity index (χ1) is 12.9. The lowest BCUT2D eigenvalue weighted by Gasteiger charge is -2.10. The maximum absolute atomic E-state index is 12.4. The fourth-order valence-electron chi connectivity index (χ4n) is 2.91. The first-order valence-corrected chi connectivity index (χ1v) is 10.6. The molecule has 142 valence electrons. The van der Waals surface area contributed by atoms with Crippen LogP contribution in [0.4, 0.5) is 5.13 Å². The highest BCUT2D eigenvalue weighted by Gasteiger charge is 2.12. The van der Waals surface area contributed by atoms with Crippen LogP contribution in [-0.4, -0.2) is 15.9 Å². The number of thiazole rings is 1. The standard InChI is InChI=1S/C20H23N3O2S2/c1-5-15-9-21-18(25-15)11-26-19-10-22-20(27-19)23-17(24)8-16-13(3)6-12(2)7-14(16)4/h6-7,9-10H,5,8,11H2,1-4H3,(H,22,23,24). The lowest BCUT2D eigenvalue weighted by molar-refractivity contribution is -0.115. The molecule has 1 amide bonds. The van der Waals surface area contributed by atoms with Crippen LogP contribution < -0.4 is 5.32 Å². The number of benzene rings is 1. The summed E-state index contributed by atoms with van der Waals surface area (Å²) >= 11 is 3.07. The third kappa shape index (κ3) is 5.20. The van der Waals surface area contributed by atoms with E-state index in [1.165, 1.54) is 16.9 Å². The van der Waals surface area contributed by atoms with Crippen LogP contribution in [0, 0.1) is 20.8 Å². The number of hydrogen-bond acceptors (Lipinski definition) is 6. The summed E-state index contributed by atoms with van der Waals surface area (Å²) in [6.45, 7) is 8.20. The maximum atomic E-state index is 12.4. The van der Waals surface area contributed by atoms with Gasteiger partial charge in [-0.15, -0.1) is 11.8 Å². The minimum Gasteiger partial charge on any atom is -0.445 e. The summed E-state index contributed by atoms with van der Waals surface area (Å²) in [6.07, 6.45) is 4.74. The molecule has 5 nitrogen and oxygen atoms in total. The van der Waals surface area contributed by atoms with Crippen LogP contribution in [0.1, 0.15) is 40.8 Å². The molecule has 3 rings (SSSR count). The number of nitrogens with one attached hydrogen (secondary N) is 1. The molecule has 0 aliphatic carbocycles. The van der Waals surface area contributed by atoms with Crippen molar-refractivity contribution in [1.29, 1.82) is 0 Å². The Balaban J connectivity index is 1.56. The van der Waals surface area contributed by atoms with Crippen LogP contribution in [0.3, 0.4) is 0 Å². The lowest BCUT2D eigenvalue weighted by Crippen LogP contribution is -2.15. The van der Waals surface area contributed by atoms with E-state index in [-0.39, 0.29) is 5.91 Å². The highest BCUT2D eigenvalue weighted by molar-refractivity contribution is 8.00. The number of anilines is 1. The van der Waals surface area contributed by atoms with Gasteiger partial charge in [-0.25, -0.2) is 9.97 Å². The number of nitrogens with zero attached hydrogens (tertiary/aromatic N) is 2. The van der Waals surface area contributed by atoms with Crippen molar-refractivity contribution in [2.24, 2.45) is 0 Å². The first kappa shape index (κ1) is 19.6. The molecule has 0 saturated heterocycles. The normalized spacial score (nSPS) is 11.0. The molecule has 0 bridgehead atoms. The number of rotatable bonds is 7. The molecule has 0 unspecified atom stereocenters. The molecule has 0 radical (unpaired) electrons. The van der Waals surface area contributed by atoms with Crippen LogP contribution in [0.2, 0.25) is 0 Å². The average molecular weight is 402 g/mol. The van der Waals surface area contributed by atoms with E-state index < -0.39 is 0 Å². The number of aryl methyl sites for hydroxylation is 4. The van der Waals surface area contributed by atoms with Gasteiger partial charge in [-0.2, -0.15) is 0 Å². The highest BCUT2D eigenvalue weighted by atomic mass is 32.2. The van der Waals surface area contributed by atoms with Gasteiger partial charge in [0.05, 0.1) is 28.8 Å². The van der Waals surface area contributed by atoms with E-state index in [0.717, 1.165) is 33.1 Å². The van der Waals surface area contributed by atoms with Gasteiger partial charge in [0.15, 0.2) is 5.13 Å². The van der Waals surface area contributed by atoms with E-state index in [1.54, 1.807) is 24.2 Å². The summed E-state index contributed by atoms with van der Waals surface area (Å²) in [7, 11) is 0. The zero-order valence-electron chi connectivity index (χ0n) is 16.0. The summed E-state index contributed by atoms with van der Waals surface area (Å²) in [5, 5.41) is 3.52. The van der Waals surface area contributed by atoms with E-state index in [9.17, 15) is 4.79 Å². The van der Waals surface area contributed by atoms with Crippen molar-refractivity contribution in [2.45, 2.75) is 50.5 Å². The molecule has 3 aromatic rings. The number of carbonyl (C=O) groups excluding carboxylic acids is 1. The fraction of sp³-hybridized carbons (Fsp3) is 0.350. The number of aromatic nitrogens is 2. The Morgan fingerprint density at radius 3 is 2.59 bits per heavy atom. The summed E-state index contributed by atoms with van der Waals surface area (Å²) in [5.74, 6) is 2.21. The second kappa shape index (κ2) is 8.71. The predicted octanol–water partition coefficient (Wildman–Crippen LogP) is 5.09. The van der Waals surface area contributed by atoms with Gasteiger partial charge >= 0.3 is 0 Å². The molecule has 27 heavy (non-hydrogen) atoms. The van der Waals surface area contributed by atoms with Crippen molar-refractivity contribution >= 4 is 34.1 Å². The van der Waals surface area contributed by atoms with Crippen molar-refractivity contribution in [3.05, 3.63) is 58.4 Å². The molecule has 2 aromatic heterocycles. The van der Waals surface area contributed by atoms with Gasteiger partial charge in [-0.05, 0) is 37.5 Å². The topological polar surface area (TPSA) is 68.0 Å². The van der Waals surface area contributed by atoms with Crippen LogP contribution in [0.25, 0.3) is 0 Å². The van der Waals surface area contributed by atoms with Gasteiger partial charge in [-0.3, -0.25) is 4.79 Å². The minimum atomic E-state index is -0.0451. The molecular formula is C20H23N3O2S2. The second-order valence-electron chi connectivity index (χ2n) is 6.45. The molecule has 0 spiro atoms. The van der Waals surface area contributed by atoms with Crippen molar-refractivity contribution in [3.8, 4) is 0 Å². The molecule has 1 aromatic carbocycles. The van der Waals surface area contributed by atoms with Crippen LogP contribution >= 0.6 is 23.1 Å². The molecule has 0 fully saturated rings. The Labute approximate surface area is 167 Å². The Hall–Kier alpha value is -2.12. The largest absolute Gasteiger partial charge is 0.445 e. The summed E-state index contributed by atoms with van der Waals surface area (Å²) < 4.78 is 6.62. The maximum Gasteiger partial charge on any atom is 0.230 e. The molecule has 1 N–H and O–H groups in total. The third-order valence-electron chi connectivity index (χ3n) is 4.20. The van der Waals surface area contributed by atoms with Crippen LogP contribution in [0.15, 0.2) is 33.2 Å². The van der Waals surface area contributed by atoms with Gasteiger partial charge in [-0.1, -0.05) is 36.0 Å². The lowest BCUT2D eigenvalue weighted by atomic mass is 9.97. The Morgan fingerprint density at radius 1 is 1.19 bits per heavy atom. The third-order valence-corrected chi connectivity index (χ3v) is 6.29. The minimum absolute atomic E-state index is 0.0451. The van der Waals surface area contributed by atoms with Gasteiger partial charge in [0.25, 0.3) is 0 Å². The van der Waals surface area contributed by atoms with E-state index in [2.05, 4.69) is 34.3 Å². The van der Waals surface area contributed by atoms with Crippen molar-refractivity contribution < 1.29 is 9.21 Å².